The van der Waals surface area contributed by atoms with Crippen molar-refractivity contribution in [3.63, 3.8) is 0 Å². The summed E-state index contributed by atoms with van der Waals surface area (Å²) in [7, 11) is 1.58. The van der Waals surface area contributed by atoms with E-state index in [0.29, 0.717) is 31.0 Å². The van der Waals surface area contributed by atoms with Gasteiger partial charge in [0.2, 0.25) is 5.91 Å². The molecule has 1 aromatic rings. The molecule has 0 fully saturated rings. The first-order chi connectivity index (χ1) is 8.69. The highest BCUT2D eigenvalue weighted by Crippen LogP contribution is 2.12. The van der Waals surface area contributed by atoms with Crippen LogP contribution in [0.4, 0.5) is 5.82 Å². The first kappa shape index (κ1) is 14.0. The molecule has 1 rings (SSSR count). The van der Waals surface area contributed by atoms with Gasteiger partial charge in [-0.15, -0.1) is 0 Å². The molecule has 0 unspecified atom stereocenters. The predicted molar refractivity (Wildman–Crippen MR) is 67.4 cm³/mol. The highest BCUT2D eigenvalue weighted by Gasteiger charge is 2.12. The molecular weight excluding hydrogens is 234 g/mol. The van der Waals surface area contributed by atoms with E-state index in [1.165, 1.54) is 0 Å². The number of esters is 1. The molecule has 18 heavy (non-hydrogen) atoms. The third-order valence-corrected chi connectivity index (χ3v) is 2.23. The Hall–Kier alpha value is -2.11. The van der Waals surface area contributed by atoms with Gasteiger partial charge in [0.15, 0.2) is 0 Å². The summed E-state index contributed by atoms with van der Waals surface area (Å²) in [6.45, 7) is 2.46. The zero-order chi connectivity index (χ0) is 13.4. The standard InChI is InChI=1S/C12H17N3O3/c1-3-18-12(17)9-5-4-7-14-11(9)15-8-6-10(16)13-2/h4-5,7H,3,6,8H2,1-2H3,(H,13,16)(H,14,15). The fourth-order valence-electron chi connectivity index (χ4n) is 1.34. The lowest BCUT2D eigenvalue weighted by atomic mass is 10.2. The van der Waals surface area contributed by atoms with Crippen LogP contribution in [0.25, 0.3) is 0 Å². The number of hydrogen-bond donors (Lipinski definition) is 2. The molecule has 1 amide bonds. The van der Waals surface area contributed by atoms with Gasteiger partial charge < -0.3 is 15.4 Å². The summed E-state index contributed by atoms with van der Waals surface area (Å²) >= 11 is 0. The third-order valence-electron chi connectivity index (χ3n) is 2.23. The van der Waals surface area contributed by atoms with Crippen molar-refractivity contribution in [1.82, 2.24) is 10.3 Å². The summed E-state index contributed by atoms with van der Waals surface area (Å²) < 4.78 is 4.92. The van der Waals surface area contributed by atoms with Gasteiger partial charge >= 0.3 is 5.97 Å². The minimum absolute atomic E-state index is 0.0730. The number of nitrogens with zero attached hydrogens (tertiary/aromatic N) is 1. The monoisotopic (exact) mass is 251 g/mol. The number of carbonyl (C=O) groups excluding carboxylic acids is 2. The largest absolute Gasteiger partial charge is 0.462 e. The quantitative estimate of drug-likeness (QED) is 0.731. The summed E-state index contributed by atoms with van der Waals surface area (Å²) in [5.41, 5.74) is 0.372. The van der Waals surface area contributed by atoms with Gasteiger partial charge in [0, 0.05) is 26.2 Å². The van der Waals surface area contributed by atoms with E-state index >= 15 is 0 Å². The molecule has 0 radical (unpaired) electrons. The van der Waals surface area contributed by atoms with E-state index in [1.807, 2.05) is 0 Å². The van der Waals surface area contributed by atoms with Crippen molar-refractivity contribution in [2.45, 2.75) is 13.3 Å². The first-order valence-electron chi connectivity index (χ1n) is 5.75. The van der Waals surface area contributed by atoms with Crippen LogP contribution in [0, 0.1) is 0 Å². The Morgan fingerprint density at radius 2 is 2.22 bits per heavy atom. The Morgan fingerprint density at radius 3 is 2.89 bits per heavy atom. The number of nitrogens with one attached hydrogen (secondary N) is 2. The topological polar surface area (TPSA) is 80.3 Å². The Labute approximate surface area is 106 Å². The molecule has 0 bridgehead atoms. The van der Waals surface area contributed by atoms with Crippen molar-refractivity contribution in [2.75, 3.05) is 25.5 Å². The normalized spacial score (nSPS) is 9.67. The lowest BCUT2D eigenvalue weighted by molar-refractivity contribution is -0.120. The van der Waals surface area contributed by atoms with Crippen molar-refractivity contribution in [3.05, 3.63) is 23.9 Å². The Morgan fingerprint density at radius 1 is 1.44 bits per heavy atom. The highest BCUT2D eigenvalue weighted by atomic mass is 16.5. The van der Waals surface area contributed by atoms with E-state index in [1.54, 1.807) is 32.3 Å². The minimum atomic E-state index is -0.423. The van der Waals surface area contributed by atoms with Crippen LogP contribution in [0.5, 0.6) is 0 Å². The summed E-state index contributed by atoms with van der Waals surface area (Å²) in [5, 5.41) is 5.46. The van der Waals surface area contributed by atoms with Gasteiger partial charge in [0.25, 0.3) is 0 Å². The van der Waals surface area contributed by atoms with Crippen LogP contribution in [-0.2, 0) is 9.53 Å². The Kier molecular flexibility index (Phi) is 5.63. The van der Waals surface area contributed by atoms with Gasteiger partial charge in [-0.25, -0.2) is 9.78 Å². The summed E-state index contributed by atoms with van der Waals surface area (Å²) in [6, 6.07) is 3.30. The molecule has 0 atom stereocenters. The summed E-state index contributed by atoms with van der Waals surface area (Å²) in [5.74, 6) is -0.0657. The number of anilines is 1. The van der Waals surface area contributed by atoms with Crippen LogP contribution in [-0.4, -0.2) is 37.1 Å². The van der Waals surface area contributed by atoms with E-state index in [4.69, 9.17) is 4.74 Å². The smallest absolute Gasteiger partial charge is 0.341 e. The fourth-order valence-corrected chi connectivity index (χ4v) is 1.34. The van der Waals surface area contributed by atoms with Crippen LogP contribution in [0.3, 0.4) is 0 Å². The van der Waals surface area contributed by atoms with Crippen LogP contribution in [0.1, 0.15) is 23.7 Å². The van der Waals surface area contributed by atoms with Gasteiger partial charge in [0.1, 0.15) is 11.4 Å². The SMILES string of the molecule is CCOC(=O)c1cccnc1NCCC(=O)NC. The molecular formula is C12H17N3O3. The summed E-state index contributed by atoms with van der Waals surface area (Å²) in [6.07, 6.45) is 1.89. The molecule has 6 nitrogen and oxygen atoms in total. The van der Waals surface area contributed by atoms with Crippen molar-refractivity contribution in [1.29, 1.82) is 0 Å². The molecule has 0 aliphatic heterocycles. The second-order valence-corrected chi connectivity index (χ2v) is 3.47. The van der Waals surface area contributed by atoms with Crippen LogP contribution in [0.15, 0.2) is 18.3 Å². The number of pyridine rings is 1. The van der Waals surface area contributed by atoms with Gasteiger partial charge in [-0.1, -0.05) is 0 Å². The fraction of sp³-hybridized carbons (Fsp3) is 0.417. The molecule has 0 saturated carbocycles. The minimum Gasteiger partial charge on any atom is -0.462 e. The van der Waals surface area contributed by atoms with Crippen molar-refractivity contribution in [3.8, 4) is 0 Å². The van der Waals surface area contributed by atoms with E-state index in [0.717, 1.165) is 0 Å². The maximum Gasteiger partial charge on any atom is 0.341 e. The van der Waals surface area contributed by atoms with Crippen LogP contribution >= 0.6 is 0 Å². The Bertz CT molecular complexity index is 421. The second-order valence-electron chi connectivity index (χ2n) is 3.47. The number of rotatable bonds is 6. The number of amides is 1. The molecule has 0 aromatic carbocycles. The maximum absolute atomic E-state index is 11.6. The van der Waals surface area contributed by atoms with Crippen molar-refractivity contribution >= 4 is 17.7 Å². The molecule has 6 heteroatoms. The van der Waals surface area contributed by atoms with Crippen LogP contribution < -0.4 is 10.6 Å². The number of ether oxygens (including phenoxy) is 1. The van der Waals surface area contributed by atoms with Crippen molar-refractivity contribution < 1.29 is 14.3 Å². The maximum atomic E-state index is 11.6. The molecule has 1 heterocycles. The highest BCUT2D eigenvalue weighted by molar-refractivity contribution is 5.94. The second kappa shape index (κ2) is 7.26. The molecule has 98 valence electrons. The molecule has 0 aliphatic carbocycles. The average molecular weight is 251 g/mol. The first-order valence-corrected chi connectivity index (χ1v) is 5.75. The van der Waals surface area contributed by atoms with Gasteiger partial charge in [-0.2, -0.15) is 0 Å². The zero-order valence-corrected chi connectivity index (χ0v) is 10.5. The lowest BCUT2D eigenvalue weighted by Crippen LogP contribution is -2.21. The molecule has 0 aliphatic rings. The average Bonchev–Trinajstić information content (AvgIpc) is 2.39. The van der Waals surface area contributed by atoms with E-state index in [9.17, 15) is 9.59 Å². The van der Waals surface area contributed by atoms with Gasteiger partial charge in [-0.3, -0.25) is 4.79 Å². The number of hydrogen-bond acceptors (Lipinski definition) is 5. The molecule has 1 aromatic heterocycles. The number of carbonyl (C=O) groups is 2. The van der Waals surface area contributed by atoms with Gasteiger partial charge in [0.05, 0.1) is 6.61 Å². The Balaban J connectivity index is 2.64. The zero-order valence-electron chi connectivity index (χ0n) is 10.5. The third kappa shape index (κ3) is 4.04. The lowest BCUT2D eigenvalue weighted by Gasteiger charge is -2.09. The predicted octanol–water partition coefficient (Wildman–Crippen LogP) is 0.806. The van der Waals surface area contributed by atoms with E-state index in [-0.39, 0.29) is 5.91 Å². The van der Waals surface area contributed by atoms with E-state index in [2.05, 4.69) is 15.6 Å². The van der Waals surface area contributed by atoms with E-state index < -0.39 is 5.97 Å². The number of aromatic nitrogens is 1. The van der Waals surface area contributed by atoms with Crippen LogP contribution in [0.2, 0.25) is 0 Å². The summed E-state index contributed by atoms with van der Waals surface area (Å²) in [4.78, 5) is 26.8. The molecule has 0 saturated heterocycles. The molecule has 0 spiro atoms. The van der Waals surface area contributed by atoms with Gasteiger partial charge in [-0.05, 0) is 19.1 Å². The van der Waals surface area contributed by atoms with Crippen molar-refractivity contribution in [2.24, 2.45) is 0 Å². The molecule has 2 N–H and O–H groups in total.